The molecule has 0 amide bonds. The van der Waals surface area contributed by atoms with Gasteiger partial charge in [-0.05, 0) is 38.6 Å². The zero-order valence-corrected chi connectivity index (χ0v) is 11.9. The first-order chi connectivity index (χ1) is 9.70. The molecule has 1 fully saturated rings. The van der Waals surface area contributed by atoms with E-state index in [1.165, 1.54) is 20.0 Å². The van der Waals surface area contributed by atoms with Gasteiger partial charge in [0.15, 0.2) is 0 Å². The number of pyridine rings is 1. The molecular formula is C15H19N3O2. The van der Waals surface area contributed by atoms with E-state index < -0.39 is 0 Å². The second kappa shape index (κ2) is 5.25. The van der Waals surface area contributed by atoms with Crippen molar-refractivity contribution in [2.24, 2.45) is 0 Å². The predicted octanol–water partition coefficient (Wildman–Crippen LogP) is 2.28. The highest BCUT2D eigenvalue weighted by atomic mass is 16.5. The third-order valence-corrected chi connectivity index (χ3v) is 4.02. The fraction of sp³-hybridized carbons (Fsp3) is 0.467. The van der Waals surface area contributed by atoms with E-state index in [9.17, 15) is 4.79 Å². The Balaban J connectivity index is 2.04. The average molecular weight is 273 g/mol. The SMILES string of the molecule is COC(=O)c1cccc2nc(C3CCCCN3C)cn12. The van der Waals surface area contributed by atoms with Crippen molar-refractivity contribution in [3.63, 3.8) is 0 Å². The van der Waals surface area contributed by atoms with Crippen molar-refractivity contribution in [1.29, 1.82) is 0 Å². The number of piperidine rings is 1. The first-order valence-corrected chi connectivity index (χ1v) is 6.97. The van der Waals surface area contributed by atoms with E-state index in [0.717, 1.165) is 24.3 Å². The van der Waals surface area contributed by atoms with Crippen molar-refractivity contribution >= 4 is 11.6 Å². The minimum Gasteiger partial charge on any atom is -0.464 e. The van der Waals surface area contributed by atoms with Crippen LogP contribution in [0.25, 0.3) is 5.65 Å². The van der Waals surface area contributed by atoms with Gasteiger partial charge in [0, 0.05) is 6.20 Å². The molecule has 3 heterocycles. The van der Waals surface area contributed by atoms with Crippen molar-refractivity contribution in [1.82, 2.24) is 14.3 Å². The van der Waals surface area contributed by atoms with Crippen LogP contribution >= 0.6 is 0 Å². The van der Waals surface area contributed by atoms with Crippen LogP contribution in [0.2, 0.25) is 0 Å². The summed E-state index contributed by atoms with van der Waals surface area (Å²) >= 11 is 0. The molecule has 2 aromatic heterocycles. The number of carbonyl (C=O) groups excluding carboxylic acids is 1. The van der Waals surface area contributed by atoms with Crippen LogP contribution < -0.4 is 0 Å². The van der Waals surface area contributed by atoms with E-state index in [2.05, 4.69) is 16.9 Å². The van der Waals surface area contributed by atoms with Gasteiger partial charge in [0.2, 0.25) is 0 Å². The summed E-state index contributed by atoms with van der Waals surface area (Å²) in [7, 11) is 3.53. The number of methoxy groups -OCH3 is 1. The molecule has 0 N–H and O–H groups in total. The van der Waals surface area contributed by atoms with Crippen molar-refractivity contribution in [3.05, 3.63) is 35.8 Å². The van der Waals surface area contributed by atoms with Crippen LogP contribution in [0.1, 0.15) is 41.5 Å². The first-order valence-electron chi connectivity index (χ1n) is 6.97. The largest absolute Gasteiger partial charge is 0.464 e. The van der Waals surface area contributed by atoms with Gasteiger partial charge in [-0.25, -0.2) is 9.78 Å². The summed E-state index contributed by atoms with van der Waals surface area (Å²) in [6.45, 7) is 1.10. The molecule has 5 heteroatoms. The fourth-order valence-corrected chi connectivity index (χ4v) is 2.91. The molecule has 1 aliphatic rings. The van der Waals surface area contributed by atoms with Gasteiger partial charge in [-0.3, -0.25) is 9.30 Å². The first kappa shape index (κ1) is 13.1. The molecule has 1 saturated heterocycles. The highest BCUT2D eigenvalue weighted by molar-refractivity contribution is 5.88. The molecule has 106 valence electrons. The van der Waals surface area contributed by atoms with Crippen LogP contribution in [-0.2, 0) is 4.74 Å². The maximum Gasteiger partial charge on any atom is 0.355 e. The Labute approximate surface area is 118 Å². The van der Waals surface area contributed by atoms with Crippen molar-refractivity contribution in [3.8, 4) is 0 Å². The number of rotatable bonds is 2. The van der Waals surface area contributed by atoms with Gasteiger partial charge in [-0.2, -0.15) is 0 Å². The third-order valence-electron chi connectivity index (χ3n) is 4.02. The van der Waals surface area contributed by atoms with Crippen molar-refractivity contribution in [2.75, 3.05) is 20.7 Å². The van der Waals surface area contributed by atoms with Gasteiger partial charge in [-0.1, -0.05) is 12.5 Å². The topological polar surface area (TPSA) is 46.8 Å². The average Bonchev–Trinajstić information content (AvgIpc) is 2.90. The monoisotopic (exact) mass is 273 g/mol. The lowest BCUT2D eigenvalue weighted by molar-refractivity contribution is 0.0592. The molecule has 1 unspecified atom stereocenters. The van der Waals surface area contributed by atoms with E-state index in [0.29, 0.717) is 11.7 Å². The Hall–Kier alpha value is -1.88. The number of carbonyl (C=O) groups is 1. The van der Waals surface area contributed by atoms with Gasteiger partial charge in [0.05, 0.1) is 18.8 Å². The smallest absolute Gasteiger partial charge is 0.355 e. The summed E-state index contributed by atoms with van der Waals surface area (Å²) in [5.74, 6) is -0.337. The molecule has 0 radical (unpaired) electrons. The van der Waals surface area contributed by atoms with Gasteiger partial charge < -0.3 is 4.74 Å². The maximum absolute atomic E-state index is 11.8. The fourth-order valence-electron chi connectivity index (χ4n) is 2.91. The summed E-state index contributed by atoms with van der Waals surface area (Å²) in [4.78, 5) is 18.8. The van der Waals surface area contributed by atoms with Crippen LogP contribution in [0.15, 0.2) is 24.4 Å². The Kier molecular flexibility index (Phi) is 3.44. The van der Waals surface area contributed by atoms with Gasteiger partial charge in [0.1, 0.15) is 11.3 Å². The third kappa shape index (κ3) is 2.18. The second-order valence-electron chi connectivity index (χ2n) is 5.29. The quantitative estimate of drug-likeness (QED) is 0.788. The molecule has 5 nitrogen and oxygen atoms in total. The highest BCUT2D eigenvalue weighted by Gasteiger charge is 2.23. The number of fused-ring (bicyclic) bond motifs is 1. The standard InChI is InChI=1S/C15H19N3O2/c1-17-9-4-3-6-12(17)11-10-18-13(15(19)20-2)7-5-8-14(18)16-11/h5,7-8,10,12H,3-4,6,9H2,1-2H3. The molecule has 0 aliphatic carbocycles. The van der Waals surface area contributed by atoms with Crippen LogP contribution in [0.4, 0.5) is 0 Å². The molecule has 0 aromatic carbocycles. The van der Waals surface area contributed by atoms with Gasteiger partial charge >= 0.3 is 5.97 Å². The second-order valence-corrected chi connectivity index (χ2v) is 5.29. The Morgan fingerprint density at radius 1 is 1.40 bits per heavy atom. The molecule has 20 heavy (non-hydrogen) atoms. The molecule has 3 rings (SSSR count). The molecule has 1 atom stereocenters. The van der Waals surface area contributed by atoms with E-state index in [4.69, 9.17) is 4.74 Å². The zero-order chi connectivity index (χ0) is 14.1. The van der Waals surface area contributed by atoms with Crippen molar-refractivity contribution < 1.29 is 9.53 Å². The number of likely N-dealkylation sites (tertiary alicyclic amines) is 1. The molecule has 0 saturated carbocycles. The number of aromatic nitrogens is 2. The normalized spacial score (nSPS) is 20.2. The summed E-state index contributed by atoms with van der Waals surface area (Å²) in [5.41, 5.74) is 2.34. The number of esters is 1. The Morgan fingerprint density at radius 2 is 2.25 bits per heavy atom. The van der Waals surface area contributed by atoms with E-state index in [1.54, 1.807) is 6.07 Å². The number of hydrogen-bond donors (Lipinski definition) is 0. The van der Waals surface area contributed by atoms with Gasteiger partial charge in [0.25, 0.3) is 0 Å². The number of nitrogens with zero attached hydrogens (tertiary/aromatic N) is 3. The summed E-state index contributed by atoms with van der Waals surface area (Å²) in [6, 6.07) is 5.85. The number of hydrogen-bond acceptors (Lipinski definition) is 4. The predicted molar refractivity (Wildman–Crippen MR) is 75.8 cm³/mol. The van der Waals surface area contributed by atoms with E-state index >= 15 is 0 Å². The lowest BCUT2D eigenvalue weighted by atomic mass is 10.0. The van der Waals surface area contributed by atoms with E-state index in [-0.39, 0.29) is 5.97 Å². The van der Waals surface area contributed by atoms with Crippen LogP contribution in [0, 0.1) is 0 Å². The Morgan fingerprint density at radius 3 is 3.00 bits per heavy atom. The highest BCUT2D eigenvalue weighted by Crippen LogP contribution is 2.29. The van der Waals surface area contributed by atoms with Crippen molar-refractivity contribution in [2.45, 2.75) is 25.3 Å². The minimum absolute atomic E-state index is 0.337. The summed E-state index contributed by atoms with van der Waals surface area (Å²) in [6.07, 6.45) is 5.56. The molecule has 2 aromatic rings. The zero-order valence-electron chi connectivity index (χ0n) is 11.9. The number of imidazole rings is 1. The summed E-state index contributed by atoms with van der Waals surface area (Å²) in [5, 5.41) is 0. The maximum atomic E-state index is 11.8. The molecule has 0 bridgehead atoms. The van der Waals surface area contributed by atoms with Crippen LogP contribution in [0.3, 0.4) is 0 Å². The van der Waals surface area contributed by atoms with E-state index in [1.807, 2.05) is 22.7 Å². The minimum atomic E-state index is -0.337. The van der Waals surface area contributed by atoms with Crippen LogP contribution in [-0.4, -0.2) is 41.0 Å². The lowest BCUT2D eigenvalue weighted by Gasteiger charge is -2.31. The number of ether oxygens (including phenoxy) is 1. The molecular weight excluding hydrogens is 254 g/mol. The lowest BCUT2D eigenvalue weighted by Crippen LogP contribution is -2.29. The van der Waals surface area contributed by atoms with Gasteiger partial charge in [-0.15, -0.1) is 0 Å². The van der Waals surface area contributed by atoms with Crippen LogP contribution in [0.5, 0.6) is 0 Å². The Bertz CT molecular complexity index is 635. The molecule has 1 aliphatic heterocycles. The molecule has 0 spiro atoms. The summed E-state index contributed by atoms with van der Waals surface area (Å²) < 4.78 is 6.65.